The number of rotatable bonds is 6. The second kappa shape index (κ2) is 7.49. The van der Waals surface area contributed by atoms with Crippen molar-refractivity contribution in [2.45, 2.75) is 25.9 Å². The summed E-state index contributed by atoms with van der Waals surface area (Å²) in [6, 6.07) is 13.9. The normalized spacial score (nSPS) is 12.3. The van der Waals surface area contributed by atoms with Crippen LogP contribution < -0.4 is 5.32 Å². The quantitative estimate of drug-likeness (QED) is 0.727. The van der Waals surface area contributed by atoms with Crippen molar-refractivity contribution in [1.29, 1.82) is 0 Å². The third-order valence-corrected chi connectivity index (χ3v) is 4.61. The van der Waals surface area contributed by atoms with Crippen LogP contribution in [0.5, 0.6) is 0 Å². The fraction of sp³-hybridized carbons (Fsp3) is 0.300. The average molecular weight is 337 g/mol. The SMILES string of the molecule is Cc1c(CCC(=O)NCC(O)c2ccc3ccccc3c2)cnn1C. The lowest BCUT2D eigenvalue weighted by Crippen LogP contribution is -2.28. The maximum absolute atomic E-state index is 12.0. The second-order valence-electron chi connectivity index (χ2n) is 6.31. The van der Waals surface area contributed by atoms with Gasteiger partial charge in [-0.25, -0.2) is 0 Å². The van der Waals surface area contributed by atoms with Crippen LogP contribution in [0, 0.1) is 6.92 Å². The van der Waals surface area contributed by atoms with Gasteiger partial charge < -0.3 is 10.4 Å². The Balaban J connectivity index is 1.53. The van der Waals surface area contributed by atoms with Gasteiger partial charge in [-0.2, -0.15) is 5.10 Å². The van der Waals surface area contributed by atoms with Crippen LogP contribution in [0.15, 0.2) is 48.7 Å². The molecule has 0 aliphatic rings. The molecule has 5 heteroatoms. The second-order valence-corrected chi connectivity index (χ2v) is 6.31. The van der Waals surface area contributed by atoms with Crippen molar-refractivity contribution in [3.63, 3.8) is 0 Å². The molecule has 25 heavy (non-hydrogen) atoms. The van der Waals surface area contributed by atoms with Crippen LogP contribution in [-0.4, -0.2) is 27.3 Å². The Labute approximate surface area is 147 Å². The summed E-state index contributed by atoms with van der Waals surface area (Å²) in [6.07, 6.45) is 2.12. The van der Waals surface area contributed by atoms with Crippen LogP contribution in [0.2, 0.25) is 0 Å². The van der Waals surface area contributed by atoms with E-state index in [2.05, 4.69) is 10.4 Å². The number of hydrogen-bond donors (Lipinski definition) is 2. The third-order valence-electron chi connectivity index (χ3n) is 4.61. The molecule has 0 saturated carbocycles. The Morgan fingerprint density at radius 1 is 1.24 bits per heavy atom. The number of carbonyl (C=O) groups is 1. The number of nitrogens with zero attached hydrogens (tertiary/aromatic N) is 2. The van der Waals surface area contributed by atoms with Gasteiger partial charge in [0.1, 0.15) is 0 Å². The molecule has 3 rings (SSSR count). The van der Waals surface area contributed by atoms with Gasteiger partial charge in [0.15, 0.2) is 0 Å². The van der Waals surface area contributed by atoms with E-state index in [0.717, 1.165) is 27.6 Å². The van der Waals surface area contributed by atoms with E-state index in [9.17, 15) is 9.90 Å². The Kier molecular flexibility index (Phi) is 5.14. The number of aliphatic hydroxyl groups excluding tert-OH is 1. The molecular weight excluding hydrogens is 314 g/mol. The largest absolute Gasteiger partial charge is 0.387 e. The summed E-state index contributed by atoms with van der Waals surface area (Å²) in [6.45, 7) is 2.20. The molecule has 0 radical (unpaired) electrons. The Hall–Kier alpha value is -2.66. The zero-order valence-electron chi connectivity index (χ0n) is 14.6. The minimum Gasteiger partial charge on any atom is -0.387 e. The number of benzene rings is 2. The Bertz CT molecular complexity index is 886. The van der Waals surface area contributed by atoms with E-state index in [4.69, 9.17) is 0 Å². The molecule has 1 unspecified atom stereocenters. The Morgan fingerprint density at radius 2 is 2.00 bits per heavy atom. The van der Waals surface area contributed by atoms with Crippen molar-refractivity contribution in [1.82, 2.24) is 15.1 Å². The molecule has 1 aromatic heterocycles. The number of aliphatic hydroxyl groups is 1. The number of hydrogen-bond acceptors (Lipinski definition) is 3. The molecule has 0 aliphatic heterocycles. The zero-order valence-corrected chi connectivity index (χ0v) is 14.6. The first-order chi connectivity index (χ1) is 12.0. The van der Waals surface area contributed by atoms with Crippen LogP contribution in [0.25, 0.3) is 10.8 Å². The highest BCUT2D eigenvalue weighted by atomic mass is 16.3. The van der Waals surface area contributed by atoms with Gasteiger partial charge >= 0.3 is 0 Å². The van der Waals surface area contributed by atoms with Gasteiger partial charge in [-0.1, -0.05) is 36.4 Å². The molecule has 2 aromatic carbocycles. The van der Waals surface area contributed by atoms with Gasteiger partial charge in [0.05, 0.1) is 12.3 Å². The van der Waals surface area contributed by atoms with E-state index in [1.54, 1.807) is 10.9 Å². The van der Waals surface area contributed by atoms with Crippen molar-refractivity contribution in [3.8, 4) is 0 Å². The molecule has 0 spiro atoms. The smallest absolute Gasteiger partial charge is 0.220 e. The van der Waals surface area contributed by atoms with Crippen LogP contribution in [0.4, 0.5) is 0 Å². The summed E-state index contributed by atoms with van der Waals surface area (Å²) in [4.78, 5) is 12.0. The lowest BCUT2D eigenvalue weighted by atomic mass is 10.0. The highest BCUT2D eigenvalue weighted by Crippen LogP contribution is 2.20. The molecule has 0 aliphatic carbocycles. The predicted octanol–water partition coefficient (Wildman–Crippen LogP) is 2.66. The summed E-state index contributed by atoms with van der Waals surface area (Å²) < 4.78 is 1.80. The van der Waals surface area contributed by atoms with Gasteiger partial charge in [0.2, 0.25) is 5.91 Å². The Morgan fingerprint density at radius 3 is 2.72 bits per heavy atom. The van der Waals surface area contributed by atoms with Crippen molar-refractivity contribution in [3.05, 3.63) is 65.5 Å². The van der Waals surface area contributed by atoms with Gasteiger partial charge in [-0.05, 0) is 41.3 Å². The minimum absolute atomic E-state index is 0.0666. The van der Waals surface area contributed by atoms with Crippen LogP contribution in [0.3, 0.4) is 0 Å². The molecule has 130 valence electrons. The van der Waals surface area contributed by atoms with Crippen LogP contribution in [-0.2, 0) is 18.3 Å². The van der Waals surface area contributed by atoms with E-state index in [-0.39, 0.29) is 12.5 Å². The molecule has 3 aromatic rings. The average Bonchev–Trinajstić information content (AvgIpc) is 2.96. The maximum atomic E-state index is 12.0. The predicted molar refractivity (Wildman–Crippen MR) is 98.2 cm³/mol. The fourth-order valence-electron chi connectivity index (χ4n) is 2.87. The first kappa shape index (κ1) is 17.2. The van der Waals surface area contributed by atoms with E-state index >= 15 is 0 Å². The maximum Gasteiger partial charge on any atom is 0.220 e. The van der Waals surface area contributed by atoms with Crippen LogP contribution >= 0.6 is 0 Å². The molecule has 5 nitrogen and oxygen atoms in total. The minimum atomic E-state index is -0.714. The van der Waals surface area contributed by atoms with Crippen molar-refractivity contribution >= 4 is 16.7 Å². The number of amides is 1. The summed E-state index contributed by atoms with van der Waals surface area (Å²) in [7, 11) is 1.89. The number of nitrogens with one attached hydrogen (secondary N) is 1. The summed E-state index contributed by atoms with van der Waals surface area (Å²) >= 11 is 0. The lowest BCUT2D eigenvalue weighted by Gasteiger charge is -2.13. The topological polar surface area (TPSA) is 67.2 Å². The molecule has 0 bridgehead atoms. The zero-order chi connectivity index (χ0) is 17.8. The fourth-order valence-corrected chi connectivity index (χ4v) is 2.87. The van der Waals surface area contributed by atoms with Gasteiger partial charge in [0.25, 0.3) is 0 Å². The first-order valence-corrected chi connectivity index (χ1v) is 8.45. The summed E-state index contributed by atoms with van der Waals surface area (Å²) in [5.74, 6) is -0.0666. The van der Waals surface area contributed by atoms with Gasteiger partial charge in [-0.3, -0.25) is 9.48 Å². The summed E-state index contributed by atoms with van der Waals surface area (Å²) in [5, 5.41) is 19.5. The van der Waals surface area contributed by atoms with Crippen molar-refractivity contribution in [2.24, 2.45) is 7.05 Å². The molecule has 1 amide bonds. The van der Waals surface area contributed by atoms with Gasteiger partial charge in [0, 0.05) is 25.7 Å². The van der Waals surface area contributed by atoms with E-state index in [0.29, 0.717) is 12.8 Å². The highest BCUT2D eigenvalue weighted by Gasteiger charge is 2.11. The molecule has 0 fully saturated rings. The standard InChI is InChI=1S/C20H23N3O2/c1-14-18(12-22-23(14)2)9-10-20(25)21-13-19(24)17-8-7-15-5-3-4-6-16(15)11-17/h3-8,11-12,19,24H,9-10,13H2,1-2H3,(H,21,25). The summed E-state index contributed by atoms with van der Waals surface area (Å²) in [5.41, 5.74) is 2.96. The molecule has 1 atom stereocenters. The molecule has 0 saturated heterocycles. The van der Waals surface area contributed by atoms with E-state index < -0.39 is 6.10 Å². The van der Waals surface area contributed by atoms with Crippen molar-refractivity contribution in [2.75, 3.05) is 6.54 Å². The lowest BCUT2D eigenvalue weighted by molar-refractivity contribution is -0.121. The van der Waals surface area contributed by atoms with E-state index in [1.165, 1.54) is 0 Å². The van der Waals surface area contributed by atoms with Crippen molar-refractivity contribution < 1.29 is 9.90 Å². The number of carbonyl (C=O) groups excluding carboxylic acids is 1. The first-order valence-electron chi connectivity index (χ1n) is 8.45. The molecule has 2 N–H and O–H groups in total. The van der Waals surface area contributed by atoms with E-state index in [1.807, 2.05) is 56.4 Å². The third kappa shape index (κ3) is 4.06. The molecule has 1 heterocycles. The number of aromatic nitrogens is 2. The molecular formula is C20H23N3O2. The van der Waals surface area contributed by atoms with Gasteiger partial charge in [-0.15, -0.1) is 0 Å². The number of fused-ring (bicyclic) bond motifs is 1. The van der Waals surface area contributed by atoms with Crippen LogP contribution in [0.1, 0.15) is 29.3 Å². The number of aryl methyl sites for hydroxylation is 2. The highest BCUT2D eigenvalue weighted by molar-refractivity contribution is 5.83. The monoisotopic (exact) mass is 337 g/mol.